The van der Waals surface area contributed by atoms with Crippen LogP contribution < -0.4 is 4.74 Å². The van der Waals surface area contributed by atoms with Crippen molar-refractivity contribution in [2.75, 3.05) is 0 Å². The molecule has 0 aliphatic heterocycles. The number of hydrogen-bond acceptors (Lipinski definition) is 5. The van der Waals surface area contributed by atoms with Crippen LogP contribution in [0.5, 0.6) is 5.75 Å². The van der Waals surface area contributed by atoms with E-state index in [0.717, 1.165) is 22.8 Å². The molecule has 3 aromatic rings. The van der Waals surface area contributed by atoms with Gasteiger partial charge in [-0.3, -0.25) is 9.78 Å². The second kappa shape index (κ2) is 7.48. The van der Waals surface area contributed by atoms with E-state index < -0.39 is 23.4 Å². The van der Waals surface area contributed by atoms with Crippen molar-refractivity contribution >= 4 is 22.4 Å². The Kier molecular flexibility index (Phi) is 4.73. The van der Waals surface area contributed by atoms with Crippen LogP contribution in [0.2, 0.25) is 0 Å². The molecule has 0 saturated heterocycles. The SMILES string of the molecule is N#Cc1cnc2c(c1C(F)(F)F)CCCC2Oc1ccc2cnn(C3=CC(=O)CC3)c2c1. The van der Waals surface area contributed by atoms with E-state index in [9.17, 15) is 18.0 Å². The van der Waals surface area contributed by atoms with Crippen LogP contribution in [0.15, 0.2) is 36.7 Å². The largest absolute Gasteiger partial charge is 0.484 e. The lowest BCUT2D eigenvalue weighted by Gasteiger charge is -2.28. The molecule has 0 N–H and O–H groups in total. The number of hydrogen-bond donors (Lipinski definition) is 0. The maximum absolute atomic E-state index is 13.7. The molecule has 0 amide bonds. The number of pyridine rings is 1. The number of rotatable bonds is 3. The highest BCUT2D eigenvalue weighted by Gasteiger charge is 2.40. The topological polar surface area (TPSA) is 80.8 Å². The Balaban J connectivity index is 1.52. The van der Waals surface area contributed by atoms with Gasteiger partial charge in [-0.1, -0.05) is 0 Å². The predicted molar refractivity (Wildman–Crippen MR) is 109 cm³/mol. The van der Waals surface area contributed by atoms with E-state index >= 15 is 0 Å². The molecule has 2 aromatic heterocycles. The summed E-state index contributed by atoms with van der Waals surface area (Å²) in [6.45, 7) is 0. The van der Waals surface area contributed by atoms with Crippen molar-refractivity contribution in [3.05, 3.63) is 59.1 Å². The summed E-state index contributed by atoms with van der Waals surface area (Å²) in [6.07, 6.45) is 1.20. The third kappa shape index (κ3) is 3.42. The molecule has 9 heteroatoms. The summed E-state index contributed by atoms with van der Waals surface area (Å²) >= 11 is 0. The summed E-state index contributed by atoms with van der Waals surface area (Å²) in [4.78, 5) is 15.8. The minimum absolute atomic E-state index is 0.0357. The average molecular weight is 438 g/mol. The molecular formula is C23H17F3N4O2. The van der Waals surface area contributed by atoms with Gasteiger partial charge in [-0.2, -0.15) is 23.5 Å². The average Bonchev–Trinajstić information content (AvgIpc) is 3.37. The fourth-order valence-corrected chi connectivity index (χ4v) is 4.44. The number of carbonyl (C=O) groups is 1. The van der Waals surface area contributed by atoms with Gasteiger partial charge in [-0.25, -0.2) is 4.68 Å². The first-order valence-electron chi connectivity index (χ1n) is 10.2. The second-order valence-corrected chi connectivity index (χ2v) is 7.90. The lowest BCUT2D eigenvalue weighted by atomic mass is 9.88. The van der Waals surface area contributed by atoms with Crippen LogP contribution in [0.25, 0.3) is 16.6 Å². The molecule has 1 atom stereocenters. The first kappa shape index (κ1) is 20.2. The molecule has 1 unspecified atom stereocenters. The van der Waals surface area contributed by atoms with E-state index in [2.05, 4.69) is 10.1 Å². The Morgan fingerprint density at radius 1 is 1.19 bits per heavy atom. The summed E-state index contributed by atoms with van der Waals surface area (Å²) in [6, 6.07) is 6.94. The van der Waals surface area contributed by atoms with E-state index in [1.54, 1.807) is 35.2 Å². The summed E-state index contributed by atoms with van der Waals surface area (Å²) in [5, 5.41) is 14.4. The van der Waals surface area contributed by atoms with E-state index in [0.29, 0.717) is 31.4 Å². The van der Waals surface area contributed by atoms with Crippen molar-refractivity contribution in [2.45, 2.75) is 44.4 Å². The number of alkyl halides is 3. The van der Waals surface area contributed by atoms with Crippen LogP contribution >= 0.6 is 0 Å². The van der Waals surface area contributed by atoms with E-state index in [-0.39, 0.29) is 23.5 Å². The number of allylic oxidation sites excluding steroid dienone is 2. The quantitative estimate of drug-likeness (QED) is 0.576. The number of aromatic nitrogens is 3. The van der Waals surface area contributed by atoms with Crippen LogP contribution in [-0.4, -0.2) is 20.5 Å². The summed E-state index contributed by atoms with van der Waals surface area (Å²) < 4.78 is 48.8. The van der Waals surface area contributed by atoms with Gasteiger partial charge in [0.05, 0.1) is 28.5 Å². The Morgan fingerprint density at radius 2 is 2.03 bits per heavy atom. The zero-order valence-corrected chi connectivity index (χ0v) is 16.8. The number of ketones is 1. The maximum atomic E-state index is 13.7. The molecule has 162 valence electrons. The van der Waals surface area contributed by atoms with Gasteiger partial charge in [0.2, 0.25) is 0 Å². The number of carbonyl (C=O) groups excluding carboxylic acids is 1. The van der Waals surface area contributed by atoms with Crippen molar-refractivity contribution < 1.29 is 22.7 Å². The second-order valence-electron chi connectivity index (χ2n) is 7.90. The molecule has 2 heterocycles. The molecule has 1 aromatic carbocycles. The number of fused-ring (bicyclic) bond motifs is 2. The summed E-state index contributed by atoms with van der Waals surface area (Å²) in [5.41, 5.74) is 0.425. The van der Waals surface area contributed by atoms with Crippen molar-refractivity contribution in [2.24, 2.45) is 0 Å². The third-order valence-electron chi connectivity index (χ3n) is 5.86. The molecular weight excluding hydrogens is 421 g/mol. The van der Waals surface area contributed by atoms with Gasteiger partial charge in [-0.15, -0.1) is 0 Å². The van der Waals surface area contributed by atoms with Crippen molar-refractivity contribution in [3.8, 4) is 11.8 Å². The minimum Gasteiger partial charge on any atom is -0.484 e. The van der Waals surface area contributed by atoms with Crippen molar-refractivity contribution in [1.29, 1.82) is 5.26 Å². The molecule has 0 saturated carbocycles. The highest BCUT2D eigenvalue weighted by Crippen LogP contribution is 2.41. The Morgan fingerprint density at radius 3 is 2.75 bits per heavy atom. The van der Waals surface area contributed by atoms with Crippen LogP contribution in [-0.2, 0) is 17.4 Å². The van der Waals surface area contributed by atoms with Gasteiger partial charge in [0.1, 0.15) is 17.9 Å². The molecule has 0 bridgehead atoms. The Hall–Kier alpha value is -3.67. The van der Waals surface area contributed by atoms with Gasteiger partial charge in [0.25, 0.3) is 0 Å². The van der Waals surface area contributed by atoms with E-state index in [1.807, 2.05) is 6.07 Å². The zero-order valence-electron chi connectivity index (χ0n) is 16.8. The zero-order chi connectivity index (χ0) is 22.5. The molecule has 5 rings (SSSR count). The van der Waals surface area contributed by atoms with Crippen LogP contribution in [0.1, 0.15) is 54.2 Å². The molecule has 6 nitrogen and oxygen atoms in total. The summed E-state index contributed by atoms with van der Waals surface area (Å²) in [7, 11) is 0. The number of ether oxygens (including phenoxy) is 1. The lowest BCUT2D eigenvalue weighted by Crippen LogP contribution is -2.23. The van der Waals surface area contributed by atoms with Crippen LogP contribution in [0, 0.1) is 11.3 Å². The van der Waals surface area contributed by atoms with Gasteiger partial charge in [-0.05, 0) is 43.4 Å². The van der Waals surface area contributed by atoms with E-state index in [1.165, 1.54) is 0 Å². The van der Waals surface area contributed by atoms with Gasteiger partial charge in [0.15, 0.2) is 5.78 Å². The Bertz CT molecular complexity index is 1320. The minimum atomic E-state index is -4.64. The monoisotopic (exact) mass is 438 g/mol. The highest BCUT2D eigenvalue weighted by molar-refractivity contribution is 5.99. The molecule has 0 radical (unpaired) electrons. The van der Waals surface area contributed by atoms with Gasteiger partial charge >= 0.3 is 6.18 Å². The molecule has 0 spiro atoms. The third-order valence-corrected chi connectivity index (χ3v) is 5.86. The molecule has 2 aliphatic rings. The fourth-order valence-electron chi connectivity index (χ4n) is 4.44. The number of halogens is 3. The first-order valence-corrected chi connectivity index (χ1v) is 10.2. The van der Waals surface area contributed by atoms with Gasteiger partial charge in [0, 0.05) is 35.8 Å². The standard InChI is InChI=1S/C23H17F3N4O2/c24-23(25,26)21-14(10-27)11-28-22-18(21)2-1-3-20(22)32-17-7-4-13-12-29-30(19(13)9-17)15-5-6-16(31)8-15/h4,7-9,11-12,20H,1-3,5-6H2. The predicted octanol–water partition coefficient (Wildman–Crippen LogP) is 4.98. The molecule has 32 heavy (non-hydrogen) atoms. The molecule has 0 fully saturated rings. The summed E-state index contributed by atoms with van der Waals surface area (Å²) in [5.74, 6) is 0.528. The first-order chi connectivity index (χ1) is 15.3. The van der Waals surface area contributed by atoms with Crippen molar-refractivity contribution in [1.82, 2.24) is 14.8 Å². The maximum Gasteiger partial charge on any atom is 0.418 e. The van der Waals surface area contributed by atoms with Crippen molar-refractivity contribution in [3.63, 3.8) is 0 Å². The molecule has 2 aliphatic carbocycles. The number of benzene rings is 1. The Labute approximate surface area is 180 Å². The van der Waals surface area contributed by atoms with E-state index in [4.69, 9.17) is 10.00 Å². The lowest BCUT2D eigenvalue weighted by molar-refractivity contribution is -0.138. The van der Waals surface area contributed by atoms with Crippen LogP contribution in [0.4, 0.5) is 13.2 Å². The fraction of sp³-hybridized carbons (Fsp3) is 0.304. The normalized spacial score (nSPS) is 18.4. The number of nitriles is 1. The smallest absolute Gasteiger partial charge is 0.418 e. The number of nitrogens with zero attached hydrogens (tertiary/aromatic N) is 4. The highest BCUT2D eigenvalue weighted by atomic mass is 19.4. The van der Waals surface area contributed by atoms with Crippen LogP contribution in [0.3, 0.4) is 0 Å². The van der Waals surface area contributed by atoms with Gasteiger partial charge < -0.3 is 4.74 Å².